The molecule has 0 aliphatic carbocycles. The predicted octanol–water partition coefficient (Wildman–Crippen LogP) is 2.58. The molecule has 0 fully saturated rings. The van der Waals surface area contributed by atoms with Crippen LogP contribution in [0.1, 0.15) is 0 Å². The summed E-state index contributed by atoms with van der Waals surface area (Å²) in [7, 11) is 1.90. The summed E-state index contributed by atoms with van der Waals surface area (Å²) in [6, 6.07) is 7.70. The zero-order valence-corrected chi connectivity index (χ0v) is 6.69. The van der Waals surface area contributed by atoms with E-state index < -0.39 is 0 Å². The van der Waals surface area contributed by atoms with E-state index in [1.54, 1.807) is 6.20 Å². The van der Waals surface area contributed by atoms with Crippen LogP contribution in [0.15, 0.2) is 35.6 Å². The molecule has 12 heavy (non-hydrogen) atoms. The summed E-state index contributed by atoms with van der Waals surface area (Å²) < 4.78 is 1.89. The standard InChI is InChI=1S/C9H8N2O/c1-11-6-8(10-12)7-4-2-3-5-9(7)11/h2-6H,1H3. The van der Waals surface area contributed by atoms with E-state index in [0.29, 0.717) is 5.69 Å². The number of hydrogen-bond donors (Lipinski definition) is 0. The van der Waals surface area contributed by atoms with Gasteiger partial charge in [-0.25, -0.2) is 0 Å². The third-order valence-corrected chi connectivity index (χ3v) is 1.97. The molecule has 3 heteroatoms. The summed E-state index contributed by atoms with van der Waals surface area (Å²) in [6.45, 7) is 0. The van der Waals surface area contributed by atoms with Crippen LogP contribution in [0, 0.1) is 4.91 Å². The van der Waals surface area contributed by atoms with E-state index >= 15 is 0 Å². The van der Waals surface area contributed by atoms with E-state index in [1.165, 1.54) is 0 Å². The topological polar surface area (TPSA) is 34.4 Å². The number of aromatic nitrogens is 1. The molecule has 0 spiro atoms. The minimum atomic E-state index is 0.508. The maximum atomic E-state index is 10.4. The van der Waals surface area contributed by atoms with Gasteiger partial charge in [0, 0.05) is 18.6 Å². The molecule has 3 nitrogen and oxygen atoms in total. The van der Waals surface area contributed by atoms with Gasteiger partial charge in [0.25, 0.3) is 0 Å². The molecule has 0 unspecified atom stereocenters. The number of para-hydroxylation sites is 1. The summed E-state index contributed by atoms with van der Waals surface area (Å²) in [5, 5.41) is 3.86. The van der Waals surface area contributed by atoms with E-state index in [4.69, 9.17) is 0 Å². The molecule has 1 aromatic heterocycles. The van der Waals surface area contributed by atoms with Crippen LogP contribution in [0.25, 0.3) is 10.9 Å². The highest BCUT2D eigenvalue weighted by Crippen LogP contribution is 2.26. The van der Waals surface area contributed by atoms with Gasteiger partial charge in [-0.3, -0.25) is 0 Å². The molecule has 0 saturated carbocycles. The van der Waals surface area contributed by atoms with Crippen LogP contribution in [0.5, 0.6) is 0 Å². The SMILES string of the molecule is Cn1cc(N=O)c2ccccc21. The Hall–Kier alpha value is -1.64. The molecular formula is C9H8N2O. The average Bonchev–Trinajstić information content (AvgIpc) is 2.44. The fourth-order valence-electron chi connectivity index (χ4n) is 1.39. The number of aryl methyl sites for hydroxylation is 1. The van der Waals surface area contributed by atoms with Crippen LogP contribution in [0.3, 0.4) is 0 Å². The highest BCUT2D eigenvalue weighted by molar-refractivity contribution is 5.91. The number of rotatable bonds is 1. The maximum absolute atomic E-state index is 10.4. The van der Waals surface area contributed by atoms with Crippen molar-refractivity contribution in [3.05, 3.63) is 35.4 Å². The van der Waals surface area contributed by atoms with Gasteiger partial charge < -0.3 is 4.57 Å². The minimum Gasteiger partial charge on any atom is -0.348 e. The van der Waals surface area contributed by atoms with E-state index in [9.17, 15) is 4.91 Å². The largest absolute Gasteiger partial charge is 0.348 e. The Labute approximate surface area is 69.6 Å². The lowest BCUT2D eigenvalue weighted by molar-refractivity contribution is 0.969. The van der Waals surface area contributed by atoms with Crippen LogP contribution < -0.4 is 0 Å². The lowest BCUT2D eigenvalue weighted by atomic mass is 10.2. The smallest absolute Gasteiger partial charge is 0.133 e. The molecular weight excluding hydrogens is 152 g/mol. The Morgan fingerprint density at radius 3 is 2.83 bits per heavy atom. The van der Waals surface area contributed by atoms with Gasteiger partial charge in [-0.1, -0.05) is 18.2 Å². The van der Waals surface area contributed by atoms with Crippen LogP contribution in [0.4, 0.5) is 5.69 Å². The Morgan fingerprint density at radius 2 is 2.08 bits per heavy atom. The second kappa shape index (κ2) is 2.44. The molecule has 1 aromatic carbocycles. The van der Waals surface area contributed by atoms with Gasteiger partial charge in [-0.05, 0) is 11.2 Å². The third kappa shape index (κ3) is 0.830. The maximum Gasteiger partial charge on any atom is 0.133 e. The summed E-state index contributed by atoms with van der Waals surface area (Å²) in [4.78, 5) is 10.4. The lowest BCUT2D eigenvalue weighted by Gasteiger charge is -1.92. The lowest BCUT2D eigenvalue weighted by Crippen LogP contribution is -1.81. The fraction of sp³-hybridized carbons (Fsp3) is 0.111. The van der Waals surface area contributed by atoms with E-state index in [-0.39, 0.29) is 0 Å². The van der Waals surface area contributed by atoms with Gasteiger partial charge >= 0.3 is 0 Å². The molecule has 0 aliphatic rings. The zero-order chi connectivity index (χ0) is 8.55. The average molecular weight is 160 g/mol. The Balaban J connectivity index is 2.91. The van der Waals surface area contributed by atoms with Gasteiger partial charge in [0.05, 0.1) is 5.52 Å². The summed E-state index contributed by atoms with van der Waals surface area (Å²) >= 11 is 0. The first-order valence-corrected chi connectivity index (χ1v) is 3.70. The highest BCUT2D eigenvalue weighted by Gasteiger charge is 2.04. The van der Waals surface area contributed by atoms with E-state index in [2.05, 4.69) is 5.18 Å². The van der Waals surface area contributed by atoms with Crippen molar-refractivity contribution in [2.45, 2.75) is 0 Å². The van der Waals surface area contributed by atoms with Crippen molar-refractivity contribution in [2.75, 3.05) is 0 Å². The molecule has 0 N–H and O–H groups in total. The summed E-state index contributed by atoms with van der Waals surface area (Å²) in [5.41, 5.74) is 1.54. The second-order valence-corrected chi connectivity index (χ2v) is 2.73. The van der Waals surface area contributed by atoms with Crippen molar-refractivity contribution in [3.63, 3.8) is 0 Å². The van der Waals surface area contributed by atoms with Crippen molar-refractivity contribution in [2.24, 2.45) is 12.2 Å². The van der Waals surface area contributed by atoms with Crippen molar-refractivity contribution in [1.82, 2.24) is 4.57 Å². The molecule has 0 bridgehead atoms. The molecule has 0 atom stereocenters. The molecule has 2 rings (SSSR count). The summed E-state index contributed by atoms with van der Waals surface area (Å²) in [5.74, 6) is 0. The fourth-order valence-corrected chi connectivity index (χ4v) is 1.39. The first kappa shape index (κ1) is 7.03. The minimum absolute atomic E-state index is 0.508. The monoisotopic (exact) mass is 160 g/mol. The van der Waals surface area contributed by atoms with Crippen LogP contribution >= 0.6 is 0 Å². The quantitative estimate of drug-likeness (QED) is 0.590. The number of benzene rings is 1. The van der Waals surface area contributed by atoms with Crippen molar-refractivity contribution in [3.8, 4) is 0 Å². The predicted molar refractivity (Wildman–Crippen MR) is 48.4 cm³/mol. The van der Waals surface area contributed by atoms with Gasteiger partial charge in [0.1, 0.15) is 5.69 Å². The number of nitrogens with zero attached hydrogens (tertiary/aromatic N) is 2. The number of nitroso groups, excluding NO2 is 1. The van der Waals surface area contributed by atoms with Crippen molar-refractivity contribution >= 4 is 16.6 Å². The molecule has 0 radical (unpaired) electrons. The molecule has 2 aromatic rings. The molecule has 0 amide bonds. The molecule has 60 valence electrons. The highest BCUT2D eigenvalue weighted by atomic mass is 16.3. The molecule has 0 aliphatic heterocycles. The number of fused-ring (bicyclic) bond motifs is 1. The first-order valence-electron chi connectivity index (χ1n) is 3.70. The number of hydrogen-bond acceptors (Lipinski definition) is 2. The van der Waals surface area contributed by atoms with Gasteiger partial charge in [0.2, 0.25) is 0 Å². The third-order valence-electron chi connectivity index (χ3n) is 1.97. The van der Waals surface area contributed by atoms with E-state index in [0.717, 1.165) is 10.9 Å². The normalized spacial score (nSPS) is 10.4. The van der Waals surface area contributed by atoms with Gasteiger partial charge in [-0.15, -0.1) is 4.91 Å². The van der Waals surface area contributed by atoms with E-state index in [1.807, 2.05) is 35.9 Å². The zero-order valence-electron chi connectivity index (χ0n) is 6.69. The summed E-state index contributed by atoms with van der Waals surface area (Å²) in [6.07, 6.45) is 1.73. The van der Waals surface area contributed by atoms with Gasteiger partial charge in [-0.2, -0.15) is 0 Å². The van der Waals surface area contributed by atoms with Gasteiger partial charge in [0.15, 0.2) is 0 Å². The van der Waals surface area contributed by atoms with Crippen molar-refractivity contribution < 1.29 is 0 Å². The van der Waals surface area contributed by atoms with Crippen LogP contribution in [-0.4, -0.2) is 4.57 Å². The molecule has 1 heterocycles. The van der Waals surface area contributed by atoms with Crippen molar-refractivity contribution in [1.29, 1.82) is 0 Å². The Kier molecular flexibility index (Phi) is 1.43. The second-order valence-electron chi connectivity index (χ2n) is 2.73. The van der Waals surface area contributed by atoms with Crippen LogP contribution in [-0.2, 0) is 7.05 Å². The van der Waals surface area contributed by atoms with Crippen LogP contribution in [0.2, 0.25) is 0 Å². The Bertz CT molecular complexity index is 431. The molecule has 0 saturated heterocycles. The first-order chi connectivity index (χ1) is 5.83. The Morgan fingerprint density at radius 1 is 1.33 bits per heavy atom.